The van der Waals surface area contributed by atoms with E-state index in [-0.39, 0.29) is 11.5 Å². The zero-order valence-corrected chi connectivity index (χ0v) is 13.4. The Hall–Kier alpha value is -1.85. The second kappa shape index (κ2) is 6.28. The van der Waals surface area contributed by atoms with Crippen molar-refractivity contribution in [1.82, 2.24) is 19.9 Å². The van der Waals surface area contributed by atoms with E-state index in [0.717, 1.165) is 0 Å². The summed E-state index contributed by atoms with van der Waals surface area (Å²) in [5, 5.41) is 8.94. The first-order chi connectivity index (χ1) is 9.90. The van der Waals surface area contributed by atoms with Crippen molar-refractivity contribution in [2.24, 2.45) is 0 Å². The van der Waals surface area contributed by atoms with E-state index >= 15 is 0 Å². The van der Waals surface area contributed by atoms with E-state index in [2.05, 4.69) is 10.3 Å². The molecule has 5 nitrogen and oxygen atoms in total. The van der Waals surface area contributed by atoms with E-state index in [1.807, 2.05) is 14.1 Å². The highest BCUT2D eigenvalue weighted by molar-refractivity contribution is 6.34. The van der Waals surface area contributed by atoms with Gasteiger partial charge in [0.15, 0.2) is 5.69 Å². The molecule has 2 aromatic rings. The van der Waals surface area contributed by atoms with Gasteiger partial charge in [0, 0.05) is 31.4 Å². The average Bonchev–Trinajstić information content (AvgIpc) is 2.80. The minimum Gasteiger partial charge on any atom is -0.383 e. The SMILES string of the molecule is Cc1c(C(=O)C=CN(C)C)nnn1-c1cc(Cl)ccc1Cl. The predicted octanol–water partition coefficient (Wildman–Crippen LogP) is 3.14. The number of rotatable bonds is 4. The summed E-state index contributed by atoms with van der Waals surface area (Å²) in [6, 6.07) is 5.04. The lowest BCUT2D eigenvalue weighted by atomic mass is 10.2. The maximum absolute atomic E-state index is 12.1. The Bertz CT molecular complexity index is 707. The third-order valence-corrected chi connectivity index (χ3v) is 3.34. The van der Waals surface area contributed by atoms with Crippen LogP contribution in [0, 0.1) is 6.92 Å². The minimum absolute atomic E-state index is 0.217. The van der Waals surface area contributed by atoms with E-state index < -0.39 is 0 Å². The van der Waals surface area contributed by atoms with Crippen LogP contribution in [0.1, 0.15) is 16.2 Å². The molecule has 7 heteroatoms. The molecule has 110 valence electrons. The molecule has 0 saturated carbocycles. The summed E-state index contributed by atoms with van der Waals surface area (Å²) in [7, 11) is 3.67. The second-order valence-corrected chi connectivity index (χ2v) is 5.52. The van der Waals surface area contributed by atoms with E-state index in [9.17, 15) is 4.79 Å². The Morgan fingerprint density at radius 3 is 2.71 bits per heavy atom. The molecule has 1 aromatic carbocycles. The molecule has 0 radical (unpaired) electrons. The highest BCUT2D eigenvalue weighted by Gasteiger charge is 2.17. The van der Waals surface area contributed by atoms with Crippen molar-refractivity contribution in [3.8, 4) is 5.69 Å². The van der Waals surface area contributed by atoms with Crippen LogP contribution in [-0.2, 0) is 0 Å². The van der Waals surface area contributed by atoms with Crippen LogP contribution in [0.4, 0.5) is 0 Å². The van der Waals surface area contributed by atoms with Crippen molar-refractivity contribution in [2.75, 3.05) is 14.1 Å². The van der Waals surface area contributed by atoms with Gasteiger partial charge in [-0.15, -0.1) is 5.10 Å². The smallest absolute Gasteiger partial charge is 0.209 e. The summed E-state index contributed by atoms with van der Waals surface area (Å²) in [4.78, 5) is 13.8. The molecular formula is C14H14Cl2N4O. The van der Waals surface area contributed by atoms with Crippen LogP contribution >= 0.6 is 23.2 Å². The zero-order valence-electron chi connectivity index (χ0n) is 11.8. The summed E-state index contributed by atoms with van der Waals surface area (Å²) in [6.45, 7) is 1.76. The van der Waals surface area contributed by atoms with Gasteiger partial charge in [0.25, 0.3) is 0 Å². The fourth-order valence-corrected chi connectivity index (χ4v) is 2.09. The average molecular weight is 325 g/mol. The molecule has 0 N–H and O–H groups in total. The summed E-state index contributed by atoms with van der Waals surface area (Å²) >= 11 is 12.1. The van der Waals surface area contributed by atoms with Gasteiger partial charge in [0.05, 0.1) is 16.4 Å². The summed E-state index contributed by atoms with van der Waals surface area (Å²) < 4.78 is 1.50. The van der Waals surface area contributed by atoms with Crippen molar-refractivity contribution in [3.63, 3.8) is 0 Å². The van der Waals surface area contributed by atoms with Gasteiger partial charge in [-0.05, 0) is 25.1 Å². The molecule has 0 aliphatic rings. The lowest BCUT2D eigenvalue weighted by Gasteiger charge is -2.06. The first-order valence-corrected chi connectivity index (χ1v) is 6.92. The largest absolute Gasteiger partial charge is 0.383 e. The number of carbonyl (C=O) groups excluding carboxylic acids is 1. The fourth-order valence-electron chi connectivity index (χ4n) is 1.73. The Labute approximate surface area is 132 Å². The van der Waals surface area contributed by atoms with Gasteiger partial charge < -0.3 is 4.90 Å². The molecule has 0 fully saturated rings. The molecule has 0 aliphatic heterocycles. The monoisotopic (exact) mass is 324 g/mol. The molecule has 0 unspecified atom stereocenters. The van der Waals surface area contributed by atoms with Crippen molar-refractivity contribution in [3.05, 3.63) is 51.9 Å². The summed E-state index contributed by atoms with van der Waals surface area (Å²) in [5.74, 6) is -0.217. The minimum atomic E-state index is -0.217. The van der Waals surface area contributed by atoms with Crippen molar-refractivity contribution < 1.29 is 4.79 Å². The molecule has 21 heavy (non-hydrogen) atoms. The number of allylic oxidation sites excluding steroid dienone is 1. The summed E-state index contributed by atoms with van der Waals surface area (Å²) in [6.07, 6.45) is 3.11. The third-order valence-electron chi connectivity index (χ3n) is 2.79. The highest BCUT2D eigenvalue weighted by atomic mass is 35.5. The van der Waals surface area contributed by atoms with Gasteiger partial charge >= 0.3 is 0 Å². The number of hydrogen-bond acceptors (Lipinski definition) is 4. The van der Waals surface area contributed by atoms with E-state index in [1.165, 1.54) is 10.8 Å². The van der Waals surface area contributed by atoms with Crippen LogP contribution in [0.2, 0.25) is 10.0 Å². The number of ketones is 1. The first-order valence-electron chi connectivity index (χ1n) is 6.17. The first kappa shape index (κ1) is 15.5. The Morgan fingerprint density at radius 1 is 1.33 bits per heavy atom. The molecule has 0 aliphatic carbocycles. The number of aromatic nitrogens is 3. The van der Waals surface area contributed by atoms with Crippen molar-refractivity contribution >= 4 is 29.0 Å². The lowest BCUT2D eigenvalue weighted by molar-refractivity contribution is 0.104. The van der Waals surface area contributed by atoms with Crippen molar-refractivity contribution in [1.29, 1.82) is 0 Å². The molecule has 0 atom stereocenters. The number of carbonyl (C=O) groups is 1. The number of halogens is 2. The van der Waals surface area contributed by atoms with Crippen LogP contribution < -0.4 is 0 Å². The van der Waals surface area contributed by atoms with Crippen LogP contribution in [0.3, 0.4) is 0 Å². The normalized spacial score (nSPS) is 11.1. The van der Waals surface area contributed by atoms with Gasteiger partial charge in [0.2, 0.25) is 5.78 Å². The zero-order chi connectivity index (χ0) is 15.6. The predicted molar refractivity (Wildman–Crippen MR) is 83.3 cm³/mol. The molecule has 1 aromatic heterocycles. The quantitative estimate of drug-likeness (QED) is 0.640. The van der Waals surface area contributed by atoms with Gasteiger partial charge in [-0.2, -0.15) is 0 Å². The van der Waals surface area contributed by atoms with Gasteiger partial charge in [-0.25, -0.2) is 4.68 Å². The molecule has 0 amide bonds. The molecule has 2 rings (SSSR count). The van der Waals surface area contributed by atoms with Crippen LogP contribution in [-0.4, -0.2) is 39.8 Å². The van der Waals surface area contributed by atoms with Gasteiger partial charge in [0.1, 0.15) is 0 Å². The van der Waals surface area contributed by atoms with Crippen LogP contribution in [0.25, 0.3) is 5.69 Å². The van der Waals surface area contributed by atoms with E-state index in [4.69, 9.17) is 23.2 Å². The molecular weight excluding hydrogens is 311 g/mol. The lowest BCUT2D eigenvalue weighted by Crippen LogP contribution is -2.05. The number of benzene rings is 1. The number of nitrogens with zero attached hydrogens (tertiary/aromatic N) is 4. The third kappa shape index (κ3) is 3.43. The van der Waals surface area contributed by atoms with Gasteiger partial charge in [-0.1, -0.05) is 28.4 Å². The van der Waals surface area contributed by atoms with Crippen LogP contribution in [0.15, 0.2) is 30.5 Å². The van der Waals surface area contributed by atoms with E-state index in [1.54, 1.807) is 36.2 Å². The van der Waals surface area contributed by atoms with E-state index in [0.29, 0.717) is 21.4 Å². The topological polar surface area (TPSA) is 51.0 Å². The molecule has 0 spiro atoms. The summed E-state index contributed by atoms with van der Waals surface area (Å²) in [5.41, 5.74) is 1.47. The fraction of sp³-hybridized carbons (Fsp3) is 0.214. The maximum Gasteiger partial charge on any atom is 0.209 e. The highest BCUT2D eigenvalue weighted by Crippen LogP contribution is 2.25. The number of hydrogen-bond donors (Lipinski definition) is 0. The Balaban J connectivity index is 2.41. The molecule has 0 saturated heterocycles. The Morgan fingerprint density at radius 2 is 2.05 bits per heavy atom. The Kier molecular flexibility index (Phi) is 4.65. The maximum atomic E-state index is 12.1. The van der Waals surface area contributed by atoms with Crippen LogP contribution in [0.5, 0.6) is 0 Å². The molecule has 1 heterocycles. The van der Waals surface area contributed by atoms with Gasteiger partial charge in [-0.3, -0.25) is 4.79 Å². The molecule has 0 bridgehead atoms. The second-order valence-electron chi connectivity index (χ2n) is 4.67. The van der Waals surface area contributed by atoms with Crippen molar-refractivity contribution in [2.45, 2.75) is 6.92 Å². The standard InChI is InChI=1S/C14H14Cl2N4O/c1-9-14(13(21)6-7-19(2)3)17-18-20(9)12-8-10(15)4-5-11(12)16/h4-8H,1-3H3.